The highest BCUT2D eigenvalue weighted by Gasteiger charge is 2.38. The first-order valence-electron chi connectivity index (χ1n) is 7.44. The summed E-state index contributed by atoms with van der Waals surface area (Å²) in [5.74, 6) is -0.0693. The van der Waals surface area contributed by atoms with E-state index in [4.69, 9.17) is 9.56 Å². The molecule has 0 aliphatic carbocycles. The third kappa shape index (κ3) is 2.78. The Morgan fingerprint density at radius 3 is 2.55 bits per heavy atom. The fourth-order valence-electron chi connectivity index (χ4n) is 3.42. The van der Waals surface area contributed by atoms with E-state index in [1.54, 1.807) is 4.90 Å². The second-order valence-electron chi connectivity index (χ2n) is 6.30. The van der Waals surface area contributed by atoms with Gasteiger partial charge in [-0.25, -0.2) is 13.6 Å². The number of primary sulfonamides is 1. The van der Waals surface area contributed by atoms with Crippen molar-refractivity contribution in [2.45, 2.75) is 31.1 Å². The summed E-state index contributed by atoms with van der Waals surface area (Å²) in [7, 11) is -3.87. The highest BCUT2D eigenvalue weighted by Crippen LogP contribution is 2.37. The molecule has 1 amide bonds. The van der Waals surface area contributed by atoms with Gasteiger partial charge in [0, 0.05) is 25.7 Å². The Labute approximate surface area is 129 Å². The Morgan fingerprint density at radius 1 is 1.36 bits per heavy atom. The molecule has 0 radical (unpaired) electrons. The van der Waals surface area contributed by atoms with Crippen LogP contribution >= 0.6 is 0 Å². The second-order valence-corrected chi connectivity index (χ2v) is 7.82. The van der Waals surface area contributed by atoms with E-state index in [-0.39, 0.29) is 22.3 Å². The molecule has 2 fully saturated rings. The molecule has 2 saturated heterocycles. The largest absolute Gasteiger partial charge is 0.455 e. The summed E-state index contributed by atoms with van der Waals surface area (Å²) in [6, 6.07) is 1.23. The Kier molecular flexibility index (Phi) is 3.78. The molecule has 1 aromatic rings. The SMILES string of the molecule is Cc1oc(C(=O)N2CCC3(CCNC3)CC2)cc1S(N)(=O)=O. The van der Waals surface area contributed by atoms with Crippen LogP contribution in [0.15, 0.2) is 15.4 Å². The van der Waals surface area contributed by atoms with Crippen LogP contribution in [0, 0.1) is 12.3 Å². The zero-order valence-corrected chi connectivity index (χ0v) is 13.4. The van der Waals surface area contributed by atoms with Gasteiger partial charge in [-0.3, -0.25) is 4.79 Å². The fraction of sp³-hybridized carbons (Fsp3) is 0.643. The van der Waals surface area contributed by atoms with Crippen molar-refractivity contribution in [3.63, 3.8) is 0 Å². The number of carbonyl (C=O) groups is 1. The molecule has 2 aliphatic heterocycles. The molecule has 122 valence electrons. The molecule has 0 unspecified atom stereocenters. The second kappa shape index (κ2) is 5.36. The van der Waals surface area contributed by atoms with Crippen molar-refractivity contribution in [2.75, 3.05) is 26.2 Å². The van der Waals surface area contributed by atoms with Gasteiger partial charge in [0.2, 0.25) is 10.0 Å². The first kappa shape index (κ1) is 15.5. The summed E-state index contributed by atoms with van der Waals surface area (Å²) in [5.41, 5.74) is 0.321. The molecule has 2 aliphatic rings. The molecule has 8 heteroatoms. The molecule has 0 atom stereocenters. The topological polar surface area (TPSA) is 106 Å². The highest BCUT2D eigenvalue weighted by atomic mass is 32.2. The van der Waals surface area contributed by atoms with E-state index in [2.05, 4.69) is 5.32 Å². The number of likely N-dealkylation sites (tertiary alicyclic amines) is 1. The molecule has 3 N–H and O–H groups in total. The number of nitrogens with two attached hydrogens (primary N) is 1. The Hall–Kier alpha value is -1.38. The summed E-state index contributed by atoms with van der Waals surface area (Å²) in [5, 5.41) is 8.49. The molecule has 1 aromatic heterocycles. The molecule has 0 aromatic carbocycles. The van der Waals surface area contributed by atoms with E-state index >= 15 is 0 Å². The van der Waals surface area contributed by atoms with Crippen LogP contribution < -0.4 is 10.5 Å². The Bertz CT molecular complexity index is 679. The van der Waals surface area contributed by atoms with Gasteiger partial charge in [0.05, 0.1) is 0 Å². The average molecular weight is 327 g/mol. The van der Waals surface area contributed by atoms with Gasteiger partial charge in [-0.1, -0.05) is 0 Å². The molecule has 1 spiro atoms. The third-order valence-electron chi connectivity index (χ3n) is 4.83. The lowest BCUT2D eigenvalue weighted by atomic mass is 9.78. The zero-order chi connectivity index (χ0) is 16.0. The smallest absolute Gasteiger partial charge is 0.289 e. The third-order valence-corrected chi connectivity index (χ3v) is 5.85. The number of amides is 1. The van der Waals surface area contributed by atoms with E-state index in [1.807, 2.05) is 0 Å². The molecule has 0 saturated carbocycles. The summed E-state index contributed by atoms with van der Waals surface area (Å²) >= 11 is 0. The lowest BCUT2D eigenvalue weighted by molar-refractivity contribution is 0.0576. The van der Waals surface area contributed by atoms with E-state index < -0.39 is 10.0 Å². The monoisotopic (exact) mass is 327 g/mol. The molecular weight excluding hydrogens is 306 g/mol. The number of hydrogen-bond donors (Lipinski definition) is 2. The van der Waals surface area contributed by atoms with E-state index in [9.17, 15) is 13.2 Å². The van der Waals surface area contributed by atoms with Crippen LogP contribution in [0.1, 0.15) is 35.6 Å². The predicted octanol–water partition coefficient (Wildman–Crippen LogP) is 0.451. The van der Waals surface area contributed by atoms with Crippen LogP contribution in [-0.2, 0) is 10.0 Å². The number of nitrogens with zero attached hydrogens (tertiary/aromatic N) is 1. The molecule has 3 rings (SSSR count). The lowest BCUT2D eigenvalue weighted by Crippen LogP contribution is -2.43. The number of piperidine rings is 1. The van der Waals surface area contributed by atoms with Gasteiger partial charge in [-0.2, -0.15) is 0 Å². The van der Waals surface area contributed by atoms with Gasteiger partial charge in [-0.05, 0) is 38.1 Å². The zero-order valence-electron chi connectivity index (χ0n) is 12.6. The number of furan rings is 1. The van der Waals surface area contributed by atoms with Crippen molar-refractivity contribution in [1.82, 2.24) is 10.2 Å². The quantitative estimate of drug-likeness (QED) is 0.820. The average Bonchev–Trinajstić information content (AvgIpc) is 3.06. The van der Waals surface area contributed by atoms with Crippen LogP contribution in [0.3, 0.4) is 0 Å². The van der Waals surface area contributed by atoms with Gasteiger partial charge in [0.15, 0.2) is 5.76 Å². The minimum Gasteiger partial charge on any atom is -0.455 e. The molecule has 7 nitrogen and oxygen atoms in total. The maximum absolute atomic E-state index is 12.5. The molecule has 3 heterocycles. The minimum atomic E-state index is -3.87. The first-order valence-corrected chi connectivity index (χ1v) is 8.99. The van der Waals surface area contributed by atoms with Crippen LogP contribution in [0.25, 0.3) is 0 Å². The maximum Gasteiger partial charge on any atom is 0.289 e. The highest BCUT2D eigenvalue weighted by molar-refractivity contribution is 7.89. The summed E-state index contributed by atoms with van der Waals surface area (Å²) in [6.07, 6.45) is 3.09. The van der Waals surface area contributed by atoms with E-state index in [1.165, 1.54) is 13.0 Å². The van der Waals surface area contributed by atoms with Gasteiger partial charge in [0.1, 0.15) is 10.7 Å². The molecule has 0 bridgehead atoms. The van der Waals surface area contributed by atoms with E-state index in [0.717, 1.165) is 32.4 Å². The van der Waals surface area contributed by atoms with Crippen molar-refractivity contribution in [2.24, 2.45) is 10.6 Å². The van der Waals surface area contributed by atoms with Gasteiger partial charge < -0.3 is 14.6 Å². The number of rotatable bonds is 2. The molecular formula is C14H21N3O4S. The predicted molar refractivity (Wildman–Crippen MR) is 79.9 cm³/mol. The van der Waals surface area contributed by atoms with Gasteiger partial charge in [-0.15, -0.1) is 0 Å². The van der Waals surface area contributed by atoms with Crippen molar-refractivity contribution >= 4 is 15.9 Å². The van der Waals surface area contributed by atoms with Crippen LogP contribution in [0.5, 0.6) is 0 Å². The van der Waals surface area contributed by atoms with Crippen LogP contribution in [0.4, 0.5) is 0 Å². The number of aryl methyl sites for hydroxylation is 1. The molecule has 22 heavy (non-hydrogen) atoms. The van der Waals surface area contributed by atoms with Crippen molar-refractivity contribution < 1.29 is 17.6 Å². The number of hydrogen-bond acceptors (Lipinski definition) is 5. The van der Waals surface area contributed by atoms with E-state index in [0.29, 0.717) is 18.5 Å². The Balaban J connectivity index is 1.73. The lowest BCUT2D eigenvalue weighted by Gasteiger charge is -2.38. The normalized spacial score (nSPS) is 21.5. The Morgan fingerprint density at radius 2 is 2.05 bits per heavy atom. The first-order chi connectivity index (χ1) is 10.3. The standard InChI is InChI=1S/C14H21N3O4S/c1-10-12(22(15,19)20)8-11(21-10)13(18)17-6-3-14(4-7-17)2-5-16-9-14/h8,16H,2-7,9H2,1H3,(H2,15,19,20). The summed E-state index contributed by atoms with van der Waals surface area (Å²) in [4.78, 5) is 14.1. The van der Waals surface area contributed by atoms with Gasteiger partial charge in [0.25, 0.3) is 5.91 Å². The van der Waals surface area contributed by atoms with Crippen LogP contribution in [0.2, 0.25) is 0 Å². The van der Waals surface area contributed by atoms with Crippen molar-refractivity contribution in [3.8, 4) is 0 Å². The number of sulfonamides is 1. The number of carbonyl (C=O) groups excluding carboxylic acids is 1. The summed E-state index contributed by atoms with van der Waals surface area (Å²) in [6.45, 7) is 4.90. The summed E-state index contributed by atoms with van der Waals surface area (Å²) < 4.78 is 28.2. The minimum absolute atomic E-state index is 0.0435. The number of nitrogens with one attached hydrogen (secondary N) is 1. The fourth-order valence-corrected chi connectivity index (χ4v) is 4.13. The van der Waals surface area contributed by atoms with Crippen molar-refractivity contribution in [3.05, 3.63) is 17.6 Å². The van der Waals surface area contributed by atoms with Crippen molar-refractivity contribution in [1.29, 1.82) is 0 Å². The maximum atomic E-state index is 12.5. The van der Waals surface area contributed by atoms with Gasteiger partial charge >= 0.3 is 0 Å². The van der Waals surface area contributed by atoms with Crippen LogP contribution in [-0.4, -0.2) is 45.4 Å².